The number of benzene rings is 1. The number of nitrogens with one attached hydrogen (secondary N) is 1. The van der Waals surface area contributed by atoms with Gasteiger partial charge in [0.05, 0.1) is 12.0 Å². The van der Waals surface area contributed by atoms with E-state index in [1.165, 1.54) is 6.92 Å². The molecular weight excluding hydrogens is 308 g/mol. The van der Waals surface area contributed by atoms with Crippen molar-refractivity contribution in [3.63, 3.8) is 0 Å². The second-order valence-electron chi connectivity index (χ2n) is 6.28. The largest absolute Gasteiger partial charge is 0.481 e. The van der Waals surface area contributed by atoms with Gasteiger partial charge in [0.25, 0.3) is 5.91 Å². The Hall–Kier alpha value is -2.37. The van der Waals surface area contributed by atoms with Crippen molar-refractivity contribution < 1.29 is 19.5 Å². The molecule has 1 aliphatic rings. The van der Waals surface area contributed by atoms with E-state index in [4.69, 9.17) is 5.11 Å². The molecule has 0 saturated carbocycles. The number of aliphatic carboxylic acids is 1. The summed E-state index contributed by atoms with van der Waals surface area (Å²) < 4.78 is 0. The Morgan fingerprint density at radius 2 is 1.92 bits per heavy atom. The first-order chi connectivity index (χ1) is 11.3. The number of carbonyl (C=O) groups is 3. The average molecular weight is 332 g/mol. The summed E-state index contributed by atoms with van der Waals surface area (Å²) in [5.41, 5.74) is 1.57. The zero-order valence-corrected chi connectivity index (χ0v) is 14.4. The molecular formula is C18H24N2O4. The fourth-order valence-electron chi connectivity index (χ4n) is 3.19. The normalized spacial score (nSPS) is 13.5. The Morgan fingerprint density at radius 1 is 1.25 bits per heavy atom. The van der Waals surface area contributed by atoms with Crippen LogP contribution in [0.15, 0.2) is 18.2 Å². The van der Waals surface area contributed by atoms with Gasteiger partial charge in [-0.3, -0.25) is 14.4 Å². The van der Waals surface area contributed by atoms with Gasteiger partial charge in [0, 0.05) is 24.7 Å². The average Bonchev–Trinajstić information content (AvgIpc) is 2.96. The van der Waals surface area contributed by atoms with Gasteiger partial charge >= 0.3 is 5.97 Å². The first-order valence-electron chi connectivity index (χ1n) is 8.27. The third-order valence-corrected chi connectivity index (χ3v) is 4.84. The molecule has 0 fully saturated rings. The molecule has 2 rings (SSSR count). The van der Waals surface area contributed by atoms with Crippen LogP contribution in [0, 0.1) is 0 Å². The van der Waals surface area contributed by atoms with Crippen molar-refractivity contribution in [3.05, 3.63) is 29.3 Å². The van der Waals surface area contributed by atoms with Crippen molar-refractivity contribution in [1.82, 2.24) is 5.32 Å². The third-order valence-electron chi connectivity index (χ3n) is 4.84. The highest BCUT2D eigenvalue weighted by Gasteiger charge is 2.32. The molecule has 1 aromatic rings. The van der Waals surface area contributed by atoms with Gasteiger partial charge in [-0.2, -0.15) is 0 Å². The summed E-state index contributed by atoms with van der Waals surface area (Å²) >= 11 is 0. The Bertz CT molecular complexity index is 665. The minimum atomic E-state index is -0.926. The predicted molar refractivity (Wildman–Crippen MR) is 91.2 cm³/mol. The van der Waals surface area contributed by atoms with Gasteiger partial charge < -0.3 is 15.3 Å². The lowest BCUT2D eigenvalue weighted by Crippen LogP contribution is -2.49. The fraction of sp³-hybridized carbons (Fsp3) is 0.500. The number of hydrogen-bond acceptors (Lipinski definition) is 3. The molecule has 6 nitrogen and oxygen atoms in total. The molecule has 1 heterocycles. The van der Waals surface area contributed by atoms with Gasteiger partial charge in [0.1, 0.15) is 0 Å². The minimum Gasteiger partial charge on any atom is -0.481 e. The van der Waals surface area contributed by atoms with Crippen LogP contribution in [-0.4, -0.2) is 35.0 Å². The number of rotatable bonds is 6. The van der Waals surface area contributed by atoms with Crippen LogP contribution in [0.1, 0.15) is 56.0 Å². The first kappa shape index (κ1) is 18.0. The lowest BCUT2D eigenvalue weighted by molar-refractivity contribution is -0.138. The van der Waals surface area contributed by atoms with Gasteiger partial charge in [-0.1, -0.05) is 13.8 Å². The summed E-state index contributed by atoms with van der Waals surface area (Å²) in [6.45, 7) is 5.90. The van der Waals surface area contributed by atoms with Crippen molar-refractivity contribution in [1.29, 1.82) is 0 Å². The molecule has 1 aliphatic heterocycles. The molecule has 2 amide bonds. The smallest absolute Gasteiger partial charge is 0.305 e. The van der Waals surface area contributed by atoms with Crippen molar-refractivity contribution in [2.24, 2.45) is 0 Å². The number of hydrogen-bond donors (Lipinski definition) is 2. The second kappa shape index (κ2) is 7.03. The standard InChI is InChI=1S/C18H24N2O4/c1-4-18(5-2,11-16(22)23)19-17(24)14-6-7-15-13(10-14)8-9-20(15)12(3)21/h6-7,10H,4-5,8-9,11H2,1-3H3,(H,19,24)(H,22,23). The van der Waals surface area contributed by atoms with Crippen LogP contribution in [0.4, 0.5) is 5.69 Å². The van der Waals surface area contributed by atoms with E-state index in [0.29, 0.717) is 24.9 Å². The van der Waals surface area contributed by atoms with E-state index >= 15 is 0 Å². The van der Waals surface area contributed by atoms with E-state index in [9.17, 15) is 14.4 Å². The van der Waals surface area contributed by atoms with Gasteiger partial charge in [0.15, 0.2) is 0 Å². The Labute approximate surface area is 141 Å². The van der Waals surface area contributed by atoms with Gasteiger partial charge in [-0.15, -0.1) is 0 Å². The van der Waals surface area contributed by atoms with Crippen LogP contribution in [0.2, 0.25) is 0 Å². The molecule has 130 valence electrons. The van der Waals surface area contributed by atoms with E-state index in [-0.39, 0.29) is 18.2 Å². The molecule has 2 N–H and O–H groups in total. The van der Waals surface area contributed by atoms with Crippen molar-refractivity contribution in [2.45, 2.75) is 52.0 Å². The summed E-state index contributed by atoms with van der Waals surface area (Å²) in [4.78, 5) is 37.0. The van der Waals surface area contributed by atoms with Crippen molar-refractivity contribution >= 4 is 23.5 Å². The number of carbonyl (C=O) groups excluding carboxylic acids is 2. The van der Waals surface area contributed by atoms with Gasteiger partial charge in [-0.25, -0.2) is 0 Å². The number of carboxylic acid groups (broad SMARTS) is 1. The molecule has 0 aromatic heterocycles. The third kappa shape index (κ3) is 3.58. The number of anilines is 1. The summed E-state index contributed by atoms with van der Waals surface area (Å²) in [6.07, 6.45) is 1.71. The number of amides is 2. The Kier molecular flexibility index (Phi) is 5.26. The molecule has 0 spiro atoms. The Morgan fingerprint density at radius 3 is 2.46 bits per heavy atom. The summed E-state index contributed by atoms with van der Waals surface area (Å²) in [6, 6.07) is 5.27. The Balaban J connectivity index is 2.21. The lowest BCUT2D eigenvalue weighted by Gasteiger charge is -2.31. The number of nitrogens with zero attached hydrogens (tertiary/aromatic N) is 1. The van der Waals surface area contributed by atoms with E-state index < -0.39 is 11.5 Å². The molecule has 24 heavy (non-hydrogen) atoms. The summed E-state index contributed by atoms with van der Waals surface area (Å²) in [5, 5.41) is 12.0. The monoisotopic (exact) mass is 332 g/mol. The molecule has 0 radical (unpaired) electrons. The molecule has 0 unspecified atom stereocenters. The molecule has 6 heteroatoms. The zero-order chi connectivity index (χ0) is 17.9. The van der Waals surface area contributed by atoms with Crippen LogP contribution in [0.25, 0.3) is 0 Å². The second-order valence-corrected chi connectivity index (χ2v) is 6.28. The quantitative estimate of drug-likeness (QED) is 0.837. The van der Waals surface area contributed by atoms with E-state index in [2.05, 4.69) is 5.32 Å². The predicted octanol–water partition coefficient (Wildman–Crippen LogP) is 2.36. The van der Waals surface area contributed by atoms with Crippen LogP contribution < -0.4 is 10.2 Å². The SMILES string of the molecule is CCC(CC)(CC(=O)O)NC(=O)c1ccc2c(c1)CCN2C(C)=O. The number of fused-ring (bicyclic) bond motifs is 1. The summed E-state index contributed by atoms with van der Waals surface area (Å²) in [5.74, 6) is -1.21. The zero-order valence-electron chi connectivity index (χ0n) is 14.4. The van der Waals surface area contributed by atoms with E-state index in [0.717, 1.165) is 17.7 Å². The molecule has 0 bridgehead atoms. The van der Waals surface area contributed by atoms with Crippen LogP contribution in [0.5, 0.6) is 0 Å². The maximum absolute atomic E-state index is 12.6. The van der Waals surface area contributed by atoms with E-state index in [1.54, 1.807) is 23.1 Å². The maximum atomic E-state index is 12.6. The molecule has 0 aliphatic carbocycles. The highest BCUT2D eigenvalue weighted by Crippen LogP contribution is 2.29. The topological polar surface area (TPSA) is 86.7 Å². The van der Waals surface area contributed by atoms with Crippen LogP contribution in [0.3, 0.4) is 0 Å². The minimum absolute atomic E-state index is 0.0107. The fourth-order valence-corrected chi connectivity index (χ4v) is 3.19. The molecule has 0 saturated heterocycles. The maximum Gasteiger partial charge on any atom is 0.305 e. The highest BCUT2D eigenvalue weighted by molar-refractivity contribution is 5.98. The molecule has 0 atom stereocenters. The van der Waals surface area contributed by atoms with Crippen molar-refractivity contribution in [3.8, 4) is 0 Å². The number of carboxylic acids is 1. The summed E-state index contributed by atoms with van der Waals surface area (Å²) in [7, 11) is 0. The lowest BCUT2D eigenvalue weighted by atomic mass is 9.88. The van der Waals surface area contributed by atoms with Crippen LogP contribution >= 0.6 is 0 Å². The van der Waals surface area contributed by atoms with Gasteiger partial charge in [-0.05, 0) is 43.0 Å². The van der Waals surface area contributed by atoms with Gasteiger partial charge in [0.2, 0.25) is 5.91 Å². The van der Waals surface area contributed by atoms with Crippen LogP contribution in [-0.2, 0) is 16.0 Å². The molecule has 1 aromatic carbocycles. The first-order valence-corrected chi connectivity index (χ1v) is 8.27. The van der Waals surface area contributed by atoms with E-state index in [1.807, 2.05) is 13.8 Å². The van der Waals surface area contributed by atoms with Crippen molar-refractivity contribution in [2.75, 3.05) is 11.4 Å². The highest BCUT2D eigenvalue weighted by atomic mass is 16.4.